The summed E-state index contributed by atoms with van der Waals surface area (Å²) >= 11 is 6.11. The molecule has 2 rings (SSSR count). The third-order valence-corrected chi connectivity index (χ3v) is 3.45. The summed E-state index contributed by atoms with van der Waals surface area (Å²) in [6.45, 7) is 5.86. The van der Waals surface area contributed by atoms with Crippen LogP contribution in [0.5, 0.6) is 0 Å². The van der Waals surface area contributed by atoms with Crippen molar-refractivity contribution in [3.63, 3.8) is 0 Å². The maximum Gasteiger partial charge on any atom is 0.106 e. The van der Waals surface area contributed by atoms with Gasteiger partial charge in [-0.3, -0.25) is 4.68 Å². The quantitative estimate of drug-likeness (QED) is 0.895. The van der Waals surface area contributed by atoms with Crippen molar-refractivity contribution in [1.29, 1.82) is 0 Å². The summed E-state index contributed by atoms with van der Waals surface area (Å²) in [4.78, 5) is 0. The Morgan fingerprint density at radius 3 is 2.41 bits per heavy atom. The smallest absolute Gasteiger partial charge is 0.106 e. The maximum absolute atomic E-state index is 6.27. The van der Waals surface area contributed by atoms with Gasteiger partial charge in [0, 0.05) is 12.6 Å². The Bertz CT molecular complexity index is 537. The van der Waals surface area contributed by atoms with Crippen LogP contribution in [0, 0.1) is 20.8 Å². The molecule has 1 atom stereocenters. The van der Waals surface area contributed by atoms with Gasteiger partial charge in [0.25, 0.3) is 0 Å². The first kappa shape index (κ1) is 12.2. The monoisotopic (exact) mass is 253 g/mol. The van der Waals surface area contributed by atoms with E-state index in [1.165, 1.54) is 0 Å². The third-order valence-electron chi connectivity index (χ3n) is 3.16. The first-order chi connectivity index (χ1) is 7.93. The van der Waals surface area contributed by atoms with Crippen molar-refractivity contribution < 1.29 is 4.42 Å². The molecule has 0 bridgehead atoms. The van der Waals surface area contributed by atoms with Crippen molar-refractivity contribution >= 4 is 11.6 Å². The third kappa shape index (κ3) is 1.87. The number of aryl methyl sites for hydroxylation is 3. The second kappa shape index (κ2) is 4.20. The zero-order chi connectivity index (χ0) is 12.7. The predicted molar refractivity (Wildman–Crippen MR) is 67.2 cm³/mol. The van der Waals surface area contributed by atoms with Crippen molar-refractivity contribution in [2.75, 3.05) is 0 Å². The Morgan fingerprint density at radius 1 is 1.35 bits per heavy atom. The maximum atomic E-state index is 6.27. The highest BCUT2D eigenvalue weighted by Gasteiger charge is 2.23. The molecule has 0 aliphatic rings. The zero-order valence-electron chi connectivity index (χ0n) is 10.4. The summed E-state index contributed by atoms with van der Waals surface area (Å²) < 4.78 is 7.29. The topological polar surface area (TPSA) is 57.0 Å². The normalized spacial score (nSPS) is 13.1. The average Bonchev–Trinajstić information content (AvgIpc) is 2.69. The van der Waals surface area contributed by atoms with Gasteiger partial charge in [-0.05, 0) is 26.3 Å². The Kier molecular flexibility index (Phi) is 3.02. The van der Waals surface area contributed by atoms with Gasteiger partial charge in [-0.2, -0.15) is 5.10 Å². The number of hydrogen-bond acceptors (Lipinski definition) is 3. The average molecular weight is 254 g/mol. The molecular weight excluding hydrogens is 238 g/mol. The molecule has 0 fully saturated rings. The zero-order valence-corrected chi connectivity index (χ0v) is 11.2. The summed E-state index contributed by atoms with van der Waals surface area (Å²) in [6, 6.07) is -0.313. The largest absolute Gasteiger partial charge is 0.466 e. The van der Waals surface area contributed by atoms with E-state index >= 15 is 0 Å². The molecule has 92 valence electrons. The van der Waals surface area contributed by atoms with Gasteiger partial charge in [0.15, 0.2) is 0 Å². The predicted octanol–water partition coefficient (Wildman–Crippen LogP) is 2.64. The highest BCUT2D eigenvalue weighted by molar-refractivity contribution is 6.31. The number of hydrogen-bond donors (Lipinski definition) is 1. The lowest BCUT2D eigenvalue weighted by atomic mass is 10.0. The number of halogens is 1. The fourth-order valence-corrected chi connectivity index (χ4v) is 2.46. The van der Waals surface area contributed by atoms with E-state index in [2.05, 4.69) is 5.10 Å². The van der Waals surface area contributed by atoms with Gasteiger partial charge in [-0.15, -0.1) is 0 Å². The van der Waals surface area contributed by atoms with Crippen molar-refractivity contribution in [1.82, 2.24) is 9.78 Å². The highest BCUT2D eigenvalue weighted by atomic mass is 35.5. The van der Waals surface area contributed by atoms with Crippen molar-refractivity contribution in [3.05, 3.63) is 39.6 Å². The molecule has 2 aromatic rings. The standard InChI is InChI=1S/C12H16ClN3O/c1-6-7(2)17-8(3)10(6)11(14)12-9(13)5-15-16(12)4/h5,11H,14H2,1-4H3. The van der Waals surface area contributed by atoms with E-state index in [0.29, 0.717) is 5.02 Å². The van der Waals surface area contributed by atoms with E-state index in [1.807, 2.05) is 27.8 Å². The van der Waals surface area contributed by atoms with Crippen LogP contribution in [-0.2, 0) is 7.05 Å². The van der Waals surface area contributed by atoms with E-state index in [9.17, 15) is 0 Å². The molecule has 17 heavy (non-hydrogen) atoms. The lowest BCUT2D eigenvalue weighted by Gasteiger charge is -2.13. The van der Waals surface area contributed by atoms with Crippen LogP contribution in [0.15, 0.2) is 10.6 Å². The molecular formula is C12H16ClN3O. The summed E-state index contributed by atoms with van der Waals surface area (Å²) in [7, 11) is 1.83. The van der Waals surface area contributed by atoms with Crippen molar-refractivity contribution in [3.8, 4) is 0 Å². The number of rotatable bonds is 2. The van der Waals surface area contributed by atoms with E-state index in [-0.39, 0.29) is 6.04 Å². The van der Waals surface area contributed by atoms with Crippen LogP contribution in [0.4, 0.5) is 0 Å². The Labute approximate surface area is 105 Å². The van der Waals surface area contributed by atoms with Crippen LogP contribution in [-0.4, -0.2) is 9.78 Å². The molecule has 0 aliphatic carbocycles. The minimum absolute atomic E-state index is 0.313. The van der Waals surface area contributed by atoms with E-state index in [0.717, 1.165) is 28.3 Å². The summed E-state index contributed by atoms with van der Waals surface area (Å²) in [6.07, 6.45) is 1.61. The Balaban J connectivity index is 2.54. The van der Waals surface area contributed by atoms with Gasteiger partial charge < -0.3 is 10.2 Å². The molecule has 0 amide bonds. The fourth-order valence-electron chi connectivity index (χ4n) is 2.17. The lowest BCUT2D eigenvalue weighted by Crippen LogP contribution is -2.17. The van der Waals surface area contributed by atoms with Crippen LogP contribution < -0.4 is 5.73 Å². The second-order valence-corrected chi connectivity index (χ2v) is 4.64. The Hall–Kier alpha value is -1.26. The van der Waals surface area contributed by atoms with Crippen LogP contribution >= 0.6 is 11.6 Å². The molecule has 2 N–H and O–H groups in total. The molecule has 0 saturated carbocycles. The Morgan fingerprint density at radius 2 is 2.00 bits per heavy atom. The van der Waals surface area contributed by atoms with Crippen LogP contribution in [0.3, 0.4) is 0 Å². The van der Waals surface area contributed by atoms with Gasteiger partial charge >= 0.3 is 0 Å². The lowest BCUT2D eigenvalue weighted by molar-refractivity contribution is 0.497. The second-order valence-electron chi connectivity index (χ2n) is 4.23. The summed E-state index contributed by atoms with van der Waals surface area (Å²) in [5.41, 5.74) is 9.15. The van der Waals surface area contributed by atoms with Crippen molar-refractivity contribution in [2.45, 2.75) is 26.8 Å². The number of aromatic nitrogens is 2. The van der Waals surface area contributed by atoms with Gasteiger partial charge in [0.1, 0.15) is 11.5 Å². The fraction of sp³-hybridized carbons (Fsp3) is 0.417. The molecule has 2 heterocycles. The van der Waals surface area contributed by atoms with Gasteiger partial charge in [-0.1, -0.05) is 11.6 Å². The van der Waals surface area contributed by atoms with Crippen LogP contribution in [0.2, 0.25) is 5.02 Å². The molecule has 0 spiro atoms. The molecule has 4 nitrogen and oxygen atoms in total. The molecule has 1 unspecified atom stereocenters. The number of nitrogens with two attached hydrogens (primary N) is 1. The molecule has 0 aromatic carbocycles. The first-order valence-electron chi connectivity index (χ1n) is 5.43. The number of furan rings is 1. The minimum atomic E-state index is -0.313. The summed E-state index contributed by atoms with van der Waals surface area (Å²) in [5.74, 6) is 1.73. The van der Waals surface area contributed by atoms with Crippen molar-refractivity contribution in [2.24, 2.45) is 12.8 Å². The van der Waals surface area contributed by atoms with Crippen LogP contribution in [0.25, 0.3) is 0 Å². The van der Waals surface area contributed by atoms with Gasteiger partial charge in [-0.25, -0.2) is 0 Å². The summed E-state index contributed by atoms with van der Waals surface area (Å²) in [5, 5.41) is 4.68. The highest BCUT2D eigenvalue weighted by Crippen LogP contribution is 2.32. The molecule has 0 aliphatic heterocycles. The molecule has 5 heteroatoms. The number of nitrogens with zero attached hydrogens (tertiary/aromatic N) is 2. The molecule has 2 aromatic heterocycles. The van der Waals surface area contributed by atoms with E-state index < -0.39 is 0 Å². The van der Waals surface area contributed by atoms with E-state index in [1.54, 1.807) is 10.9 Å². The SMILES string of the molecule is Cc1oc(C)c(C(N)c2c(Cl)cnn2C)c1C. The minimum Gasteiger partial charge on any atom is -0.466 e. The van der Waals surface area contributed by atoms with Crippen LogP contribution in [0.1, 0.15) is 34.4 Å². The van der Waals surface area contributed by atoms with E-state index in [4.69, 9.17) is 21.8 Å². The first-order valence-corrected chi connectivity index (χ1v) is 5.80. The van der Waals surface area contributed by atoms with Gasteiger partial charge in [0.2, 0.25) is 0 Å². The molecule has 0 saturated heterocycles. The van der Waals surface area contributed by atoms with Gasteiger partial charge in [0.05, 0.1) is 23.0 Å². The molecule has 0 radical (unpaired) electrons.